The first-order valence-electron chi connectivity index (χ1n) is 6.38. The molecule has 19 heavy (non-hydrogen) atoms. The summed E-state index contributed by atoms with van der Waals surface area (Å²) in [5.74, 6) is 1.01. The zero-order valence-corrected chi connectivity index (χ0v) is 11.7. The zero-order chi connectivity index (χ0) is 14.3. The van der Waals surface area contributed by atoms with Crippen molar-refractivity contribution in [2.24, 2.45) is 5.73 Å². The number of nitrogens with one attached hydrogen (secondary N) is 1. The van der Waals surface area contributed by atoms with Crippen molar-refractivity contribution in [1.29, 1.82) is 0 Å². The van der Waals surface area contributed by atoms with Crippen molar-refractivity contribution in [3.05, 3.63) is 23.8 Å². The van der Waals surface area contributed by atoms with Gasteiger partial charge in [0.2, 0.25) is 0 Å². The number of hydrogen-bond acceptors (Lipinski definition) is 4. The van der Waals surface area contributed by atoms with E-state index in [-0.39, 0.29) is 11.9 Å². The second kappa shape index (κ2) is 7.63. The lowest BCUT2D eigenvalue weighted by Gasteiger charge is -2.16. The van der Waals surface area contributed by atoms with Gasteiger partial charge in [-0.3, -0.25) is 4.79 Å². The second-order valence-electron chi connectivity index (χ2n) is 4.30. The lowest BCUT2D eigenvalue weighted by atomic mass is 10.1. The van der Waals surface area contributed by atoms with Crippen LogP contribution >= 0.6 is 0 Å². The van der Waals surface area contributed by atoms with Gasteiger partial charge in [0, 0.05) is 24.2 Å². The fourth-order valence-electron chi connectivity index (χ4n) is 1.80. The molecule has 5 nitrogen and oxygen atoms in total. The van der Waals surface area contributed by atoms with E-state index in [2.05, 4.69) is 12.2 Å². The van der Waals surface area contributed by atoms with Gasteiger partial charge in [-0.1, -0.05) is 13.3 Å². The number of carbonyl (C=O) groups is 1. The summed E-state index contributed by atoms with van der Waals surface area (Å²) in [4.78, 5) is 12.1. The van der Waals surface area contributed by atoms with Crippen LogP contribution in [0.25, 0.3) is 0 Å². The van der Waals surface area contributed by atoms with Crippen LogP contribution in [0.4, 0.5) is 0 Å². The molecule has 0 radical (unpaired) electrons. The van der Waals surface area contributed by atoms with E-state index < -0.39 is 0 Å². The number of benzene rings is 1. The molecular formula is C14H22N2O3. The van der Waals surface area contributed by atoms with Crippen LogP contribution in [0.5, 0.6) is 11.5 Å². The molecule has 0 bridgehead atoms. The summed E-state index contributed by atoms with van der Waals surface area (Å²) in [5, 5.41) is 2.91. The standard InChI is InChI=1S/C14H22N2O3/c1-4-5-11(9-15)16-14(17)10-6-12(18-2)8-13(7-10)19-3/h6-8,11H,4-5,9,15H2,1-3H3,(H,16,17). The van der Waals surface area contributed by atoms with E-state index in [0.29, 0.717) is 23.6 Å². The fraction of sp³-hybridized carbons (Fsp3) is 0.500. The third-order valence-corrected chi connectivity index (χ3v) is 2.87. The lowest BCUT2D eigenvalue weighted by molar-refractivity contribution is 0.0935. The quantitative estimate of drug-likeness (QED) is 0.785. The van der Waals surface area contributed by atoms with E-state index in [9.17, 15) is 4.79 Å². The summed E-state index contributed by atoms with van der Waals surface area (Å²) >= 11 is 0. The molecule has 0 aliphatic rings. The molecule has 0 spiro atoms. The molecule has 0 heterocycles. The van der Waals surface area contributed by atoms with E-state index in [1.54, 1.807) is 32.4 Å². The van der Waals surface area contributed by atoms with Crippen LogP contribution in [0.1, 0.15) is 30.1 Å². The molecule has 1 aromatic carbocycles. The Morgan fingerprint density at radius 3 is 2.26 bits per heavy atom. The minimum absolute atomic E-state index is 0.00491. The summed E-state index contributed by atoms with van der Waals surface area (Å²) in [7, 11) is 3.10. The molecule has 1 unspecified atom stereocenters. The molecule has 0 saturated carbocycles. The average molecular weight is 266 g/mol. The Balaban J connectivity index is 2.86. The number of rotatable bonds is 7. The van der Waals surface area contributed by atoms with Crippen LogP contribution in [0, 0.1) is 0 Å². The average Bonchev–Trinajstić information content (AvgIpc) is 2.45. The molecule has 0 fully saturated rings. The van der Waals surface area contributed by atoms with E-state index in [1.807, 2.05) is 0 Å². The molecule has 0 aliphatic carbocycles. The maximum Gasteiger partial charge on any atom is 0.251 e. The number of amides is 1. The number of methoxy groups -OCH3 is 2. The van der Waals surface area contributed by atoms with Crippen LogP contribution in [0.3, 0.4) is 0 Å². The summed E-state index contributed by atoms with van der Waals surface area (Å²) in [6.45, 7) is 2.49. The number of ether oxygens (including phenoxy) is 2. The van der Waals surface area contributed by atoms with Gasteiger partial charge in [-0.15, -0.1) is 0 Å². The predicted molar refractivity (Wildman–Crippen MR) is 74.8 cm³/mol. The Bertz CT molecular complexity index is 399. The van der Waals surface area contributed by atoms with E-state index >= 15 is 0 Å². The van der Waals surface area contributed by atoms with Crippen LogP contribution in [0.15, 0.2) is 18.2 Å². The van der Waals surface area contributed by atoms with Gasteiger partial charge in [0.15, 0.2) is 0 Å². The smallest absolute Gasteiger partial charge is 0.251 e. The van der Waals surface area contributed by atoms with Gasteiger partial charge < -0.3 is 20.5 Å². The van der Waals surface area contributed by atoms with Crippen LogP contribution < -0.4 is 20.5 Å². The summed E-state index contributed by atoms with van der Waals surface area (Å²) in [6, 6.07) is 5.08. The van der Waals surface area contributed by atoms with Gasteiger partial charge in [0.1, 0.15) is 11.5 Å². The minimum Gasteiger partial charge on any atom is -0.497 e. The SMILES string of the molecule is CCCC(CN)NC(=O)c1cc(OC)cc(OC)c1. The second-order valence-corrected chi connectivity index (χ2v) is 4.30. The largest absolute Gasteiger partial charge is 0.497 e. The van der Waals surface area contributed by atoms with E-state index in [4.69, 9.17) is 15.2 Å². The van der Waals surface area contributed by atoms with Crippen molar-refractivity contribution in [3.8, 4) is 11.5 Å². The number of carbonyl (C=O) groups excluding carboxylic acids is 1. The molecule has 0 saturated heterocycles. The summed E-state index contributed by atoms with van der Waals surface area (Å²) < 4.78 is 10.3. The van der Waals surface area contributed by atoms with Gasteiger partial charge in [0.05, 0.1) is 14.2 Å². The van der Waals surface area contributed by atoms with Crippen molar-refractivity contribution >= 4 is 5.91 Å². The Morgan fingerprint density at radius 1 is 1.26 bits per heavy atom. The van der Waals surface area contributed by atoms with E-state index in [1.165, 1.54) is 0 Å². The Kier molecular flexibility index (Phi) is 6.15. The molecule has 1 aromatic rings. The first-order valence-corrected chi connectivity index (χ1v) is 6.38. The molecule has 1 rings (SSSR count). The normalized spacial score (nSPS) is 11.8. The van der Waals surface area contributed by atoms with Crippen molar-refractivity contribution in [1.82, 2.24) is 5.32 Å². The topological polar surface area (TPSA) is 73.6 Å². The number of hydrogen-bond donors (Lipinski definition) is 2. The Hall–Kier alpha value is -1.75. The molecular weight excluding hydrogens is 244 g/mol. The minimum atomic E-state index is -0.166. The van der Waals surface area contributed by atoms with Gasteiger partial charge in [0.25, 0.3) is 5.91 Å². The van der Waals surface area contributed by atoms with Crippen molar-refractivity contribution < 1.29 is 14.3 Å². The summed E-state index contributed by atoms with van der Waals surface area (Å²) in [5.41, 5.74) is 6.14. The lowest BCUT2D eigenvalue weighted by Crippen LogP contribution is -2.40. The molecule has 0 aliphatic heterocycles. The molecule has 5 heteroatoms. The van der Waals surface area contributed by atoms with E-state index in [0.717, 1.165) is 12.8 Å². The molecule has 106 valence electrons. The first-order chi connectivity index (χ1) is 9.14. The highest BCUT2D eigenvalue weighted by Gasteiger charge is 2.13. The highest BCUT2D eigenvalue weighted by molar-refractivity contribution is 5.95. The third-order valence-electron chi connectivity index (χ3n) is 2.87. The monoisotopic (exact) mass is 266 g/mol. The maximum atomic E-state index is 12.1. The van der Waals surface area contributed by atoms with Crippen molar-refractivity contribution in [2.45, 2.75) is 25.8 Å². The predicted octanol–water partition coefficient (Wildman–Crippen LogP) is 1.56. The highest BCUT2D eigenvalue weighted by Crippen LogP contribution is 2.22. The Morgan fingerprint density at radius 2 is 1.84 bits per heavy atom. The van der Waals surface area contributed by atoms with Crippen LogP contribution in [0.2, 0.25) is 0 Å². The molecule has 1 atom stereocenters. The maximum absolute atomic E-state index is 12.1. The highest BCUT2D eigenvalue weighted by atomic mass is 16.5. The zero-order valence-electron chi connectivity index (χ0n) is 11.7. The molecule has 3 N–H and O–H groups in total. The summed E-state index contributed by atoms with van der Waals surface area (Å²) in [6.07, 6.45) is 1.84. The molecule has 1 amide bonds. The van der Waals surface area contributed by atoms with Crippen LogP contribution in [-0.2, 0) is 0 Å². The Labute approximate surface area is 114 Å². The first kappa shape index (κ1) is 15.3. The fourth-order valence-corrected chi connectivity index (χ4v) is 1.80. The van der Waals surface area contributed by atoms with Gasteiger partial charge in [-0.05, 0) is 18.6 Å². The van der Waals surface area contributed by atoms with Gasteiger partial charge >= 0.3 is 0 Å². The molecule has 0 aromatic heterocycles. The third kappa shape index (κ3) is 4.44. The van der Waals surface area contributed by atoms with Gasteiger partial charge in [-0.25, -0.2) is 0 Å². The van der Waals surface area contributed by atoms with Gasteiger partial charge in [-0.2, -0.15) is 0 Å². The van der Waals surface area contributed by atoms with Crippen molar-refractivity contribution in [2.75, 3.05) is 20.8 Å². The van der Waals surface area contributed by atoms with Crippen LogP contribution in [-0.4, -0.2) is 32.7 Å². The number of nitrogens with two attached hydrogens (primary N) is 1. The van der Waals surface area contributed by atoms with Crippen molar-refractivity contribution in [3.63, 3.8) is 0 Å².